The molecule has 1 atom stereocenters. The average Bonchev–Trinajstić information content (AvgIpc) is 2.93. The molecule has 2 fully saturated rings. The first-order valence-electron chi connectivity index (χ1n) is 9.41. The number of urea groups is 1. The molecular formula is C20H25N3O5. The van der Waals surface area contributed by atoms with Gasteiger partial charge in [0.25, 0.3) is 5.91 Å². The number of nitrogens with one attached hydrogen (secondary N) is 1. The third-order valence-electron chi connectivity index (χ3n) is 5.56. The number of carbonyl (C=O) groups excluding carboxylic acids is 4. The molecule has 8 heteroatoms. The van der Waals surface area contributed by atoms with Gasteiger partial charge in [0.15, 0.2) is 0 Å². The molecule has 2 heterocycles. The number of rotatable bonds is 5. The zero-order valence-corrected chi connectivity index (χ0v) is 16.4. The first kappa shape index (κ1) is 19.9. The molecule has 2 aliphatic rings. The minimum Gasteiger partial charge on any atom is -0.496 e. The Labute approximate surface area is 163 Å². The van der Waals surface area contributed by atoms with Crippen molar-refractivity contribution in [1.82, 2.24) is 15.1 Å². The van der Waals surface area contributed by atoms with E-state index in [1.54, 1.807) is 19.2 Å². The molecule has 0 aliphatic carbocycles. The molecule has 1 aromatic carbocycles. The van der Waals surface area contributed by atoms with E-state index in [4.69, 9.17) is 4.74 Å². The number of hydrogen-bond acceptors (Lipinski definition) is 5. The summed E-state index contributed by atoms with van der Waals surface area (Å²) in [5.74, 6) is 0.0530. The summed E-state index contributed by atoms with van der Waals surface area (Å²) >= 11 is 0. The Bertz CT molecular complexity index is 827. The van der Waals surface area contributed by atoms with Crippen LogP contribution in [0.4, 0.5) is 4.79 Å². The SMILES string of the molecule is CCC1(c2ccc(OC)c(C)c2)NC(=O)N(CC(=O)N2CCC(=O)CC2)C1=O. The van der Waals surface area contributed by atoms with Gasteiger partial charge in [-0.25, -0.2) is 4.79 Å². The molecule has 0 aromatic heterocycles. The summed E-state index contributed by atoms with van der Waals surface area (Å²) in [5.41, 5.74) is 0.305. The van der Waals surface area contributed by atoms with Crippen molar-refractivity contribution in [2.75, 3.05) is 26.7 Å². The van der Waals surface area contributed by atoms with Crippen molar-refractivity contribution < 1.29 is 23.9 Å². The van der Waals surface area contributed by atoms with E-state index >= 15 is 0 Å². The first-order valence-corrected chi connectivity index (χ1v) is 9.41. The minimum absolute atomic E-state index is 0.124. The fourth-order valence-electron chi connectivity index (χ4n) is 3.79. The molecule has 0 spiro atoms. The van der Waals surface area contributed by atoms with Crippen LogP contribution < -0.4 is 10.1 Å². The predicted octanol–water partition coefficient (Wildman–Crippen LogP) is 1.35. The van der Waals surface area contributed by atoms with Crippen molar-refractivity contribution >= 4 is 23.6 Å². The Morgan fingerprint density at radius 2 is 1.89 bits per heavy atom. The number of ketones is 1. The molecule has 1 N–H and O–H groups in total. The van der Waals surface area contributed by atoms with Crippen molar-refractivity contribution in [3.05, 3.63) is 29.3 Å². The van der Waals surface area contributed by atoms with E-state index in [-0.39, 0.29) is 18.2 Å². The molecule has 2 aliphatic heterocycles. The van der Waals surface area contributed by atoms with Crippen LogP contribution in [0.15, 0.2) is 18.2 Å². The fourth-order valence-corrected chi connectivity index (χ4v) is 3.79. The number of methoxy groups -OCH3 is 1. The number of likely N-dealkylation sites (tertiary alicyclic amines) is 1. The smallest absolute Gasteiger partial charge is 0.325 e. The van der Waals surface area contributed by atoms with Gasteiger partial charge in [0.1, 0.15) is 23.6 Å². The highest BCUT2D eigenvalue weighted by Crippen LogP contribution is 2.34. The van der Waals surface area contributed by atoms with Crippen LogP contribution in [0.1, 0.15) is 37.3 Å². The van der Waals surface area contributed by atoms with Crippen LogP contribution >= 0.6 is 0 Å². The van der Waals surface area contributed by atoms with Gasteiger partial charge < -0.3 is 15.0 Å². The molecule has 1 aromatic rings. The lowest BCUT2D eigenvalue weighted by Gasteiger charge is -2.28. The van der Waals surface area contributed by atoms with Gasteiger partial charge in [-0.15, -0.1) is 0 Å². The van der Waals surface area contributed by atoms with Crippen molar-refractivity contribution in [3.63, 3.8) is 0 Å². The van der Waals surface area contributed by atoms with Crippen LogP contribution in [0, 0.1) is 6.92 Å². The molecule has 0 saturated carbocycles. The second-order valence-electron chi connectivity index (χ2n) is 7.18. The number of Topliss-reactive ketones (excluding diaryl/α,β-unsaturated/α-hetero) is 1. The highest BCUT2D eigenvalue weighted by atomic mass is 16.5. The topological polar surface area (TPSA) is 96.0 Å². The van der Waals surface area contributed by atoms with E-state index in [1.165, 1.54) is 4.90 Å². The number of carbonyl (C=O) groups is 4. The van der Waals surface area contributed by atoms with Crippen LogP contribution in [0.3, 0.4) is 0 Å². The number of ether oxygens (including phenoxy) is 1. The van der Waals surface area contributed by atoms with Gasteiger partial charge >= 0.3 is 6.03 Å². The number of amides is 4. The lowest BCUT2D eigenvalue weighted by molar-refractivity contribution is -0.140. The van der Waals surface area contributed by atoms with E-state index < -0.39 is 17.5 Å². The second kappa shape index (κ2) is 7.61. The maximum atomic E-state index is 13.2. The highest BCUT2D eigenvalue weighted by Gasteiger charge is 2.52. The van der Waals surface area contributed by atoms with E-state index in [2.05, 4.69) is 5.32 Å². The fraction of sp³-hybridized carbons (Fsp3) is 0.500. The second-order valence-corrected chi connectivity index (χ2v) is 7.18. The van der Waals surface area contributed by atoms with Crippen LogP contribution in [-0.2, 0) is 19.9 Å². The molecule has 1 unspecified atom stereocenters. The van der Waals surface area contributed by atoms with Gasteiger partial charge in [-0.2, -0.15) is 0 Å². The van der Waals surface area contributed by atoms with Gasteiger partial charge in [0.2, 0.25) is 5.91 Å². The lowest BCUT2D eigenvalue weighted by Crippen LogP contribution is -2.47. The van der Waals surface area contributed by atoms with Crippen molar-refractivity contribution in [3.8, 4) is 5.75 Å². The zero-order chi connectivity index (χ0) is 20.5. The molecular weight excluding hydrogens is 362 g/mol. The van der Waals surface area contributed by atoms with Gasteiger partial charge in [0.05, 0.1) is 7.11 Å². The number of nitrogens with zero attached hydrogens (tertiary/aromatic N) is 2. The number of hydrogen-bond donors (Lipinski definition) is 1. The summed E-state index contributed by atoms with van der Waals surface area (Å²) in [7, 11) is 1.57. The Balaban J connectivity index is 1.82. The van der Waals surface area contributed by atoms with Crippen molar-refractivity contribution in [2.24, 2.45) is 0 Å². The van der Waals surface area contributed by atoms with Crippen molar-refractivity contribution in [1.29, 1.82) is 0 Å². The lowest BCUT2D eigenvalue weighted by atomic mass is 9.86. The molecule has 8 nitrogen and oxygen atoms in total. The minimum atomic E-state index is -1.20. The third kappa shape index (κ3) is 3.34. The van der Waals surface area contributed by atoms with E-state index in [0.717, 1.165) is 10.5 Å². The Hall–Kier alpha value is -2.90. The Morgan fingerprint density at radius 1 is 1.21 bits per heavy atom. The van der Waals surface area contributed by atoms with Crippen LogP contribution in [-0.4, -0.2) is 60.2 Å². The number of benzene rings is 1. The Kier molecular flexibility index (Phi) is 5.40. The first-order chi connectivity index (χ1) is 13.3. The summed E-state index contributed by atoms with van der Waals surface area (Å²) in [6.07, 6.45) is 0.984. The van der Waals surface area contributed by atoms with Gasteiger partial charge in [-0.1, -0.05) is 13.0 Å². The van der Waals surface area contributed by atoms with Crippen molar-refractivity contribution in [2.45, 2.75) is 38.6 Å². The highest BCUT2D eigenvalue weighted by molar-refractivity contribution is 6.09. The average molecular weight is 387 g/mol. The molecule has 3 rings (SSSR count). The third-order valence-corrected chi connectivity index (χ3v) is 5.56. The van der Waals surface area contributed by atoms with E-state index in [9.17, 15) is 19.2 Å². The summed E-state index contributed by atoms with van der Waals surface area (Å²) < 4.78 is 5.27. The zero-order valence-electron chi connectivity index (χ0n) is 16.4. The van der Waals surface area contributed by atoms with Crippen LogP contribution in [0.25, 0.3) is 0 Å². The normalized spacial score (nSPS) is 22.5. The summed E-state index contributed by atoms with van der Waals surface area (Å²) in [5, 5.41) is 2.79. The predicted molar refractivity (Wildman–Crippen MR) is 101 cm³/mol. The molecule has 2 saturated heterocycles. The summed E-state index contributed by atoms with van der Waals surface area (Å²) in [4.78, 5) is 52.2. The quantitative estimate of drug-likeness (QED) is 0.770. The maximum Gasteiger partial charge on any atom is 0.325 e. The van der Waals surface area contributed by atoms with Crippen LogP contribution in [0.5, 0.6) is 5.75 Å². The number of piperidine rings is 1. The maximum absolute atomic E-state index is 13.2. The van der Waals surface area contributed by atoms with Gasteiger partial charge in [-0.3, -0.25) is 19.3 Å². The van der Waals surface area contributed by atoms with Gasteiger partial charge in [0, 0.05) is 25.9 Å². The molecule has 28 heavy (non-hydrogen) atoms. The van der Waals surface area contributed by atoms with E-state index in [0.29, 0.717) is 43.7 Å². The summed E-state index contributed by atoms with van der Waals surface area (Å²) in [6.45, 7) is 4.02. The molecule has 4 amide bonds. The molecule has 150 valence electrons. The molecule has 0 bridgehead atoms. The summed E-state index contributed by atoms with van der Waals surface area (Å²) in [6, 6.07) is 4.76. The van der Waals surface area contributed by atoms with E-state index in [1.807, 2.05) is 19.9 Å². The number of aryl methyl sites for hydroxylation is 1. The Morgan fingerprint density at radius 3 is 2.46 bits per heavy atom. The standard InChI is InChI=1S/C20H25N3O5/c1-4-20(14-5-6-16(28-3)13(2)11-14)18(26)23(19(27)21-20)12-17(25)22-9-7-15(24)8-10-22/h5-6,11H,4,7-10,12H2,1-3H3,(H,21,27). The number of imide groups is 1. The van der Waals surface area contributed by atoms with Gasteiger partial charge in [-0.05, 0) is 36.6 Å². The largest absolute Gasteiger partial charge is 0.496 e. The molecule has 0 radical (unpaired) electrons. The van der Waals surface area contributed by atoms with Crippen LogP contribution in [0.2, 0.25) is 0 Å². The monoisotopic (exact) mass is 387 g/mol.